The zero-order valence-electron chi connectivity index (χ0n) is 11.3. The predicted molar refractivity (Wildman–Crippen MR) is 72.6 cm³/mol. The van der Waals surface area contributed by atoms with Crippen LogP contribution in [0.2, 0.25) is 0 Å². The van der Waals surface area contributed by atoms with Crippen LogP contribution in [0.15, 0.2) is 6.20 Å². The molecule has 2 aromatic heterocycles. The van der Waals surface area contributed by atoms with E-state index in [-0.39, 0.29) is 12.0 Å². The maximum atomic E-state index is 12.4. The molecule has 3 rings (SSSR count). The van der Waals surface area contributed by atoms with Gasteiger partial charge in [0.15, 0.2) is 5.82 Å². The Balaban J connectivity index is 1.73. The Labute approximate surface area is 120 Å². The molecule has 0 unspecified atom stereocenters. The Morgan fingerprint density at radius 1 is 1.55 bits per heavy atom. The number of aryl methyl sites for hydroxylation is 2. The summed E-state index contributed by atoms with van der Waals surface area (Å²) in [6.07, 6.45) is 1.36. The number of H-pyrrole nitrogens is 1. The van der Waals surface area contributed by atoms with Crippen molar-refractivity contribution in [3.8, 4) is 0 Å². The lowest BCUT2D eigenvalue weighted by atomic mass is 10.2. The van der Waals surface area contributed by atoms with Gasteiger partial charge in [-0.2, -0.15) is 5.10 Å². The number of nitrogens with zero attached hydrogens (tertiary/aromatic N) is 4. The van der Waals surface area contributed by atoms with Crippen LogP contribution in [0.25, 0.3) is 0 Å². The van der Waals surface area contributed by atoms with Gasteiger partial charge in [-0.05, 0) is 13.8 Å². The molecular formula is C12H15N5O2S. The lowest BCUT2D eigenvalue weighted by Gasteiger charge is -2.31. The molecule has 0 bridgehead atoms. The molecule has 0 saturated carbocycles. The Morgan fingerprint density at radius 3 is 3.05 bits per heavy atom. The average molecular weight is 293 g/mol. The van der Waals surface area contributed by atoms with E-state index in [4.69, 9.17) is 4.74 Å². The van der Waals surface area contributed by atoms with E-state index in [9.17, 15) is 4.79 Å². The highest BCUT2D eigenvalue weighted by molar-refractivity contribution is 7.13. The largest absolute Gasteiger partial charge is 0.366 e. The Kier molecular flexibility index (Phi) is 3.49. The fourth-order valence-corrected chi connectivity index (χ4v) is 2.86. The second kappa shape index (κ2) is 5.29. The number of aromatic amines is 1. The van der Waals surface area contributed by atoms with Crippen LogP contribution in [-0.4, -0.2) is 50.7 Å². The number of carbonyl (C=O) groups excluding carboxylic acids is 1. The summed E-state index contributed by atoms with van der Waals surface area (Å²) in [7, 11) is 0. The minimum atomic E-state index is -0.272. The van der Waals surface area contributed by atoms with Crippen molar-refractivity contribution in [2.45, 2.75) is 20.0 Å². The fraction of sp³-hybridized carbons (Fsp3) is 0.500. The van der Waals surface area contributed by atoms with E-state index in [2.05, 4.69) is 20.2 Å². The number of rotatable bonds is 2. The molecule has 1 amide bonds. The topological polar surface area (TPSA) is 84.0 Å². The van der Waals surface area contributed by atoms with Crippen LogP contribution in [0, 0.1) is 13.8 Å². The van der Waals surface area contributed by atoms with Crippen LogP contribution < -0.4 is 0 Å². The summed E-state index contributed by atoms with van der Waals surface area (Å²) in [6, 6.07) is 0. The van der Waals surface area contributed by atoms with Gasteiger partial charge in [0, 0.05) is 6.54 Å². The van der Waals surface area contributed by atoms with E-state index in [1.807, 2.05) is 13.8 Å². The van der Waals surface area contributed by atoms with Crippen LogP contribution in [0.5, 0.6) is 0 Å². The third-order valence-corrected chi connectivity index (χ3v) is 3.99. The van der Waals surface area contributed by atoms with Crippen LogP contribution in [0.4, 0.5) is 0 Å². The average Bonchev–Trinajstić information content (AvgIpc) is 3.07. The summed E-state index contributed by atoms with van der Waals surface area (Å²) in [6.45, 7) is 5.26. The van der Waals surface area contributed by atoms with Gasteiger partial charge in [-0.3, -0.25) is 9.89 Å². The zero-order valence-corrected chi connectivity index (χ0v) is 12.1. The lowest BCUT2D eigenvalue weighted by molar-refractivity contribution is -0.0265. The third-order valence-electron chi connectivity index (χ3n) is 3.09. The molecule has 1 aliphatic heterocycles. The summed E-state index contributed by atoms with van der Waals surface area (Å²) in [5.74, 6) is 1.33. The van der Waals surface area contributed by atoms with E-state index in [0.29, 0.717) is 30.4 Å². The number of morpholine rings is 1. The van der Waals surface area contributed by atoms with Gasteiger partial charge < -0.3 is 9.64 Å². The molecule has 3 heterocycles. The molecule has 0 aromatic carbocycles. The molecule has 20 heavy (non-hydrogen) atoms. The first kappa shape index (κ1) is 13.2. The standard InChI is InChI=1S/C12H15N5O2S/c1-7-14-11(16-15-7)9-6-17(3-4-19-9)12(18)10-5-13-8(2)20-10/h5,9H,3-4,6H2,1-2H3,(H,14,15,16)/t9-/m1/s1. The molecule has 8 heteroatoms. The van der Waals surface area contributed by atoms with Crippen LogP contribution in [-0.2, 0) is 4.74 Å². The number of carbonyl (C=O) groups is 1. The summed E-state index contributed by atoms with van der Waals surface area (Å²) in [5, 5.41) is 7.79. The molecule has 0 spiro atoms. The van der Waals surface area contributed by atoms with E-state index < -0.39 is 0 Å². The summed E-state index contributed by atoms with van der Waals surface area (Å²) >= 11 is 1.41. The summed E-state index contributed by atoms with van der Waals surface area (Å²) in [5.41, 5.74) is 0. The maximum absolute atomic E-state index is 12.4. The summed E-state index contributed by atoms with van der Waals surface area (Å²) < 4.78 is 5.65. The van der Waals surface area contributed by atoms with Crippen LogP contribution in [0.3, 0.4) is 0 Å². The first-order valence-electron chi connectivity index (χ1n) is 6.35. The molecule has 0 radical (unpaired) electrons. The monoisotopic (exact) mass is 293 g/mol. The second-order valence-electron chi connectivity index (χ2n) is 4.63. The highest BCUT2D eigenvalue weighted by Gasteiger charge is 2.29. The van der Waals surface area contributed by atoms with Crippen molar-refractivity contribution in [2.24, 2.45) is 0 Å². The minimum absolute atomic E-state index is 0.00356. The van der Waals surface area contributed by atoms with E-state index >= 15 is 0 Å². The Hall–Kier alpha value is -1.80. The first-order valence-corrected chi connectivity index (χ1v) is 7.17. The lowest BCUT2D eigenvalue weighted by Crippen LogP contribution is -2.42. The number of amides is 1. The maximum Gasteiger partial charge on any atom is 0.265 e. The van der Waals surface area contributed by atoms with Crippen molar-refractivity contribution in [1.29, 1.82) is 0 Å². The molecule has 7 nitrogen and oxygen atoms in total. The molecule has 1 fully saturated rings. The van der Waals surface area contributed by atoms with Gasteiger partial charge >= 0.3 is 0 Å². The molecule has 1 atom stereocenters. The predicted octanol–water partition coefficient (Wildman–Crippen LogP) is 1.09. The van der Waals surface area contributed by atoms with Crippen molar-refractivity contribution in [3.63, 3.8) is 0 Å². The van der Waals surface area contributed by atoms with E-state index in [1.165, 1.54) is 11.3 Å². The van der Waals surface area contributed by atoms with Crippen molar-refractivity contribution >= 4 is 17.2 Å². The quantitative estimate of drug-likeness (QED) is 0.896. The first-order chi connectivity index (χ1) is 9.63. The highest BCUT2D eigenvalue weighted by atomic mass is 32.1. The number of nitrogens with one attached hydrogen (secondary N) is 1. The number of hydrogen-bond acceptors (Lipinski definition) is 6. The molecule has 0 aliphatic carbocycles. The molecule has 106 valence electrons. The van der Waals surface area contributed by atoms with Crippen molar-refractivity contribution in [1.82, 2.24) is 25.1 Å². The smallest absolute Gasteiger partial charge is 0.265 e. The molecule has 2 aromatic rings. The van der Waals surface area contributed by atoms with Crippen LogP contribution in [0.1, 0.15) is 32.4 Å². The van der Waals surface area contributed by atoms with Gasteiger partial charge in [0.05, 0.1) is 24.4 Å². The number of hydrogen-bond donors (Lipinski definition) is 1. The van der Waals surface area contributed by atoms with E-state index in [0.717, 1.165) is 10.8 Å². The van der Waals surface area contributed by atoms with Crippen molar-refractivity contribution in [3.05, 3.63) is 27.7 Å². The number of ether oxygens (including phenoxy) is 1. The van der Waals surface area contributed by atoms with Gasteiger partial charge in [-0.1, -0.05) is 0 Å². The molecular weight excluding hydrogens is 278 g/mol. The van der Waals surface area contributed by atoms with Crippen LogP contribution >= 0.6 is 11.3 Å². The second-order valence-corrected chi connectivity index (χ2v) is 5.87. The molecule has 1 saturated heterocycles. The van der Waals surface area contributed by atoms with Gasteiger partial charge in [0.1, 0.15) is 16.8 Å². The fourth-order valence-electron chi connectivity index (χ4n) is 2.11. The zero-order chi connectivity index (χ0) is 14.1. The normalized spacial score (nSPS) is 19.3. The Bertz CT molecular complexity index is 623. The van der Waals surface area contributed by atoms with Crippen molar-refractivity contribution in [2.75, 3.05) is 19.7 Å². The molecule has 1 N–H and O–H groups in total. The highest BCUT2D eigenvalue weighted by Crippen LogP contribution is 2.22. The summed E-state index contributed by atoms with van der Waals surface area (Å²) in [4.78, 5) is 23.2. The third kappa shape index (κ3) is 2.56. The van der Waals surface area contributed by atoms with Gasteiger partial charge in [-0.15, -0.1) is 11.3 Å². The van der Waals surface area contributed by atoms with E-state index in [1.54, 1.807) is 11.1 Å². The Morgan fingerprint density at radius 2 is 2.40 bits per heavy atom. The van der Waals surface area contributed by atoms with Gasteiger partial charge in [0.2, 0.25) is 0 Å². The molecule has 1 aliphatic rings. The SMILES string of the molecule is Cc1nc([C@H]2CN(C(=O)c3cnc(C)s3)CCO2)n[nH]1. The number of aromatic nitrogens is 4. The number of thiazole rings is 1. The minimum Gasteiger partial charge on any atom is -0.366 e. The van der Waals surface area contributed by atoms with Crippen molar-refractivity contribution < 1.29 is 9.53 Å². The van der Waals surface area contributed by atoms with Gasteiger partial charge in [0.25, 0.3) is 5.91 Å². The van der Waals surface area contributed by atoms with Gasteiger partial charge in [-0.25, -0.2) is 9.97 Å².